The van der Waals surface area contributed by atoms with Crippen LogP contribution >= 0.6 is 0 Å². The van der Waals surface area contributed by atoms with Crippen LogP contribution in [-0.2, 0) is 6.54 Å². The summed E-state index contributed by atoms with van der Waals surface area (Å²) in [6, 6.07) is 12.3. The maximum atomic E-state index is 4.79. The van der Waals surface area contributed by atoms with Gasteiger partial charge in [0.05, 0.1) is 5.69 Å². The number of aromatic nitrogens is 5. The highest BCUT2D eigenvalue weighted by Crippen LogP contribution is 2.24. The van der Waals surface area contributed by atoms with Crippen LogP contribution in [0.25, 0.3) is 16.9 Å². The number of imidazole rings is 1. The van der Waals surface area contributed by atoms with Gasteiger partial charge in [-0.15, -0.1) is 0 Å². The number of aromatic amines is 1. The molecule has 126 valence electrons. The van der Waals surface area contributed by atoms with Crippen molar-refractivity contribution in [1.82, 2.24) is 29.9 Å². The van der Waals surface area contributed by atoms with Crippen molar-refractivity contribution in [2.75, 3.05) is 12.4 Å². The van der Waals surface area contributed by atoms with Gasteiger partial charge in [0.25, 0.3) is 0 Å². The molecule has 0 aliphatic carbocycles. The quantitative estimate of drug-likeness (QED) is 0.523. The first-order valence-corrected chi connectivity index (χ1v) is 8.10. The lowest BCUT2D eigenvalue weighted by Crippen LogP contribution is -2.05. The summed E-state index contributed by atoms with van der Waals surface area (Å²) in [5, 5.41) is 13.6. The summed E-state index contributed by atoms with van der Waals surface area (Å²) in [5.41, 5.74) is 4.95. The molecule has 0 bridgehead atoms. The highest BCUT2D eigenvalue weighted by molar-refractivity contribution is 5.67. The number of nitrogens with one attached hydrogen (secondary N) is 3. The molecular weight excluding hydrogens is 314 g/mol. The van der Waals surface area contributed by atoms with Gasteiger partial charge < -0.3 is 10.6 Å². The molecule has 4 rings (SSSR count). The minimum absolute atomic E-state index is 0.676. The monoisotopic (exact) mass is 333 g/mol. The molecule has 0 saturated carbocycles. The molecule has 7 nitrogen and oxygen atoms in total. The van der Waals surface area contributed by atoms with Gasteiger partial charge in [-0.3, -0.25) is 9.50 Å². The zero-order chi connectivity index (χ0) is 17.2. The molecule has 0 saturated heterocycles. The smallest absolute Gasteiger partial charge is 0.214 e. The maximum Gasteiger partial charge on any atom is 0.214 e. The molecule has 0 aliphatic rings. The number of H-pyrrole nitrogens is 1. The summed E-state index contributed by atoms with van der Waals surface area (Å²) in [5.74, 6) is 1.40. The van der Waals surface area contributed by atoms with Crippen LogP contribution in [0.1, 0.15) is 11.3 Å². The summed E-state index contributed by atoms with van der Waals surface area (Å²) >= 11 is 0. The van der Waals surface area contributed by atoms with Crippen LogP contribution in [0.4, 0.5) is 11.8 Å². The van der Waals surface area contributed by atoms with Crippen molar-refractivity contribution < 1.29 is 0 Å². The Bertz CT molecular complexity index is 1020. The SMILES string of the molecule is CNCc1cccc(-c2cc3nccn3c(Nc3cc(C)[nH]n3)n2)c1. The average molecular weight is 333 g/mol. The predicted octanol–water partition coefficient (Wildman–Crippen LogP) is 2.89. The largest absolute Gasteiger partial charge is 0.316 e. The van der Waals surface area contributed by atoms with Crippen molar-refractivity contribution in [1.29, 1.82) is 0 Å². The molecule has 3 aromatic heterocycles. The molecule has 0 fully saturated rings. The number of aryl methyl sites for hydroxylation is 1. The first-order chi connectivity index (χ1) is 12.2. The molecule has 25 heavy (non-hydrogen) atoms. The van der Waals surface area contributed by atoms with Gasteiger partial charge >= 0.3 is 0 Å². The molecule has 4 aromatic rings. The molecule has 0 amide bonds. The minimum atomic E-state index is 0.676. The van der Waals surface area contributed by atoms with Crippen LogP contribution in [0.2, 0.25) is 0 Å². The van der Waals surface area contributed by atoms with Gasteiger partial charge in [-0.1, -0.05) is 18.2 Å². The lowest BCUT2D eigenvalue weighted by atomic mass is 10.1. The Morgan fingerprint density at radius 2 is 2.12 bits per heavy atom. The van der Waals surface area contributed by atoms with Crippen LogP contribution < -0.4 is 10.6 Å². The van der Waals surface area contributed by atoms with E-state index in [9.17, 15) is 0 Å². The third-order valence-electron chi connectivity index (χ3n) is 3.94. The van der Waals surface area contributed by atoms with E-state index in [-0.39, 0.29) is 0 Å². The third-order valence-corrected chi connectivity index (χ3v) is 3.94. The van der Waals surface area contributed by atoms with Crippen molar-refractivity contribution >= 4 is 17.4 Å². The van der Waals surface area contributed by atoms with E-state index in [4.69, 9.17) is 4.98 Å². The van der Waals surface area contributed by atoms with Gasteiger partial charge in [0.15, 0.2) is 5.82 Å². The van der Waals surface area contributed by atoms with Gasteiger partial charge in [0.2, 0.25) is 5.95 Å². The van der Waals surface area contributed by atoms with E-state index in [1.54, 1.807) is 6.20 Å². The minimum Gasteiger partial charge on any atom is -0.316 e. The van der Waals surface area contributed by atoms with Crippen LogP contribution in [0.15, 0.2) is 48.8 Å². The van der Waals surface area contributed by atoms with Crippen molar-refractivity contribution in [3.05, 3.63) is 60.0 Å². The Balaban J connectivity index is 1.78. The summed E-state index contributed by atoms with van der Waals surface area (Å²) in [6.45, 7) is 2.78. The van der Waals surface area contributed by atoms with Gasteiger partial charge in [0.1, 0.15) is 5.65 Å². The number of hydrogen-bond acceptors (Lipinski definition) is 5. The molecule has 0 radical (unpaired) electrons. The van der Waals surface area contributed by atoms with Gasteiger partial charge in [-0.25, -0.2) is 9.97 Å². The molecule has 3 heterocycles. The zero-order valence-corrected chi connectivity index (χ0v) is 14.1. The van der Waals surface area contributed by atoms with E-state index in [2.05, 4.69) is 44.0 Å². The topological polar surface area (TPSA) is 82.9 Å². The normalized spacial score (nSPS) is 11.1. The average Bonchev–Trinajstić information content (AvgIpc) is 3.24. The van der Waals surface area contributed by atoms with Gasteiger partial charge in [-0.2, -0.15) is 5.10 Å². The number of hydrogen-bond donors (Lipinski definition) is 3. The molecule has 3 N–H and O–H groups in total. The van der Waals surface area contributed by atoms with E-state index in [0.717, 1.165) is 35.0 Å². The second-order valence-corrected chi connectivity index (χ2v) is 5.91. The Hall–Kier alpha value is -3.19. The fourth-order valence-corrected chi connectivity index (χ4v) is 2.80. The number of rotatable bonds is 5. The Kier molecular flexibility index (Phi) is 3.91. The van der Waals surface area contributed by atoms with Crippen molar-refractivity contribution in [2.24, 2.45) is 0 Å². The maximum absolute atomic E-state index is 4.79. The highest BCUT2D eigenvalue weighted by Gasteiger charge is 2.10. The number of benzene rings is 1. The highest BCUT2D eigenvalue weighted by atomic mass is 15.3. The van der Waals surface area contributed by atoms with Crippen LogP contribution in [0, 0.1) is 6.92 Å². The Labute approximate surface area is 145 Å². The summed E-state index contributed by atoms with van der Waals surface area (Å²) < 4.78 is 1.91. The zero-order valence-electron chi connectivity index (χ0n) is 14.1. The Morgan fingerprint density at radius 3 is 2.92 bits per heavy atom. The first kappa shape index (κ1) is 15.3. The van der Waals surface area contributed by atoms with Crippen molar-refractivity contribution in [2.45, 2.75) is 13.5 Å². The molecule has 0 aliphatic heterocycles. The summed E-state index contributed by atoms with van der Waals surface area (Å²) in [4.78, 5) is 9.20. The third kappa shape index (κ3) is 3.09. The van der Waals surface area contributed by atoms with Crippen LogP contribution in [0.3, 0.4) is 0 Å². The summed E-state index contributed by atoms with van der Waals surface area (Å²) in [7, 11) is 1.94. The van der Waals surface area contributed by atoms with E-state index in [0.29, 0.717) is 5.95 Å². The molecular formula is C18H19N7. The van der Waals surface area contributed by atoms with Gasteiger partial charge in [0, 0.05) is 42.3 Å². The fraction of sp³-hybridized carbons (Fsp3) is 0.167. The first-order valence-electron chi connectivity index (χ1n) is 8.10. The molecule has 0 unspecified atom stereocenters. The standard InChI is InChI=1S/C18H19N7/c1-12-8-16(24-23-12)22-18-21-15(10-17-20-6-7-25(17)18)14-5-3-4-13(9-14)11-19-2/h3-10,19H,11H2,1-2H3,(H2,21,22,23,24). The Morgan fingerprint density at radius 1 is 1.20 bits per heavy atom. The summed E-state index contributed by atoms with van der Waals surface area (Å²) in [6.07, 6.45) is 3.64. The predicted molar refractivity (Wildman–Crippen MR) is 97.8 cm³/mol. The van der Waals surface area contributed by atoms with E-state index >= 15 is 0 Å². The lowest BCUT2D eigenvalue weighted by molar-refractivity contribution is 0.818. The number of fused-ring (bicyclic) bond motifs is 1. The number of anilines is 2. The van der Waals surface area contributed by atoms with Crippen molar-refractivity contribution in [3.8, 4) is 11.3 Å². The van der Waals surface area contributed by atoms with Gasteiger partial charge in [-0.05, 0) is 25.6 Å². The molecule has 0 atom stereocenters. The molecule has 7 heteroatoms. The second kappa shape index (κ2) is 6.37. The van der Waals surface area contributed by atoms with E-state index in [1.807, 2.05) is 42.8 Å². The molecule has 0 spiro atoms. The van der Waals surface area contributed by atoms with E-state index < -0.39 is 0 Å². The second-order valence-electron chi connectivity index (χ2n) is 5.91. The van der Waals surface area contributed by atoms with E-state index in [1.165, 1.54) is 5.56 Å². The lowest BCUT2D eigenvalue weighted by Gasteiger charge is -2.10. The van der Waals surface area contributed by atoms with Crippen LogP contribution in [-0.4, -0.2) is 31.6 Å². The van der Waals surface area contributed by atoms with Crippen molar-refractivity contribution in [3.63, 3.8) is 0 Å². The van der Waals surface area contributed by atoms with Crippen LogP contribution in [0.5, 0.6) is 0 Å². The molecule has 1 aromatic carbocycles. The number of nitrogens with zero attached hydrogens (tertiary/aromatic N) is 4. The fourth-order valence-electron chi connectivity index (χ4n) is 2.80.